The van der Waals surface area contributed by atoms with Gasteiger partial charge in [-0.1, -0.05) is 16.8 Å². The lowest BCUT2D eigenvalue weighted by Crippen LogP contribution is -2.41. The van der Waals surface area contributed by atoms with Crippen molar-refractivity contribution in [1.82, 2.24) is 20.3 Å². The molecule has 1 aromatic heterocycles. The zero-order valence-corrected chi connectivity index (χ0v) is 12.3. The molecule has 0 amide bonds. The van der Waals surface area contributed by atoms with Crippen LogP contribution in [0.25, 0.3) is 5.69 Å². The van der Waals surface area contributed by atoms with Gasteiger partial charge in [0.15, 0.2) is 0 Å². The molecular weight excluding hydrogens is 291 g/mol. The lowest BCUT2D eigenvalue weighted by Gasteiger charge is -2.36. The van der Waals surface area contributed by atoms with Crippen molar-refractivity contribution in [2.24, 2.45) is 5.41 Å². The van der Waals surface area contributed by atoms with Gasteiger partial charge in [-0.3, -0.25) is 0 Å². The van der Waals surface area contributed by atoms with E-state index in [1.807, 2.05) is 6.20 Å². The van der Waals surface area contributed by atoms with Gasteiger partial charge in [-0.25, -0.2) is 9.07 Å². The second kappa shape index (κ2) is 4.78. The van der Waals surface area contributed by atoms with Gasteiger partial charge in [-0.2, -0.15) is 0 Å². The molecule has 2 fully saturated rings. The van der Waals surface area contributed by atoms with Crippen molar-refractivity contribution in [1.29, 1.82) is 0 Å². The molecule has 4 rings (SSSR count). The second-order valence-corrected chi connectivity index (χ2v) is 6.65. The first-order valence-electron chi connectivity index (χ1n) is 7.24. The van der Waals surface area contributed by atoms with E-state index in [1.54, 1.807) is 16.8 Å². The molecule has 0 saturated heterocycles. The van der Waals surface area contributed by atoms with Crippen LogP contribution >= 0.6 is 11.6 Å². The SMILES string of the molecule is Fc1ccc(-n2cc(CNC3CC4(CC4)C3)nn2)cc1Cl. The highest BCUT2D eigenvalue weighted by Crippen LogP contribution is 2.60. The largest absolute Gasteiger partial charge is 0.308 e. The van der Waals surface area contributed by atoms with Crippen LogP contribution < -0.4 is 5.32 Å². The highest BCUT2D eigenvalue weighted by molar-refractivity contribution is 6.30. The molecule has 2 aromatic rings. The minimum Gasteiger partial charge on any atom is -0.308 e. The number of hydrogen-bond donors (Lipinski definition) is 1. The minimum absolute atomic E-state index is 0.0897. The molecule has 0 atom stereocenters. The first-order chi connectivity index (χ1) is 10.1. The lowest BCUT2D eigenvalue weighted by molar-refractivity contribution is 0.197. The van der Waals surface area contributed by atoms with Crippen molar-refractivity contribution in [3.8, 4) is 5.69 Å². The molecule has 1 aromatic carbocycles. The van der Waals surface area contributed by atoms with E-state index in [1.165, 1.54) is 31.7 Å². The Balaban J connectivity index is 1.39. The van der Waals surface area contributed by atoms with E-state index in [0.717, 1.165) is 12.2 Å². The molecule has 0 radical (unpaired) electrons. The molecule has 0 aliphatic heterocycles. The van der Waals surface area contributed by atoms with E-state index in [4.69, 9.17) is 11.6 Å². The normalized spacial score (nSPS) is 19.7. The Bertz CT molecular complexity index is 672. The number of nitrogens with one attached hydrogen (secondary N) is 1. The van der Waals surface area contributed by atoms with Crippen LogP contribution in [0.2, 0.25) is 5.02 Å². The van der Waals surface area contributed by atoms with Gasteiger partial charge in [0, 0.05) is 12.6 Å². The van der Waals surface area contributed by atoms with Crippen LogP contribution in [0, 0.1) is 11.2 Å². The predicted molar refractivity (Wildman–Crippen MR) is 77.9 cm³/mol. The van der Waals surface area contributed by atoms with Gasteiger partial charge in [0.2, 0.25) is 0 Å². The van der Waals surface area contributed by atoms with E-state index in [0.29, 0.717) is 17.1 Å². The van der Waals surface area contributed by atoms with Crippen molar-refractivity contribution in [2.45, 2.75) is 38.3 Å². The van der Waals surface area contributed by atoms with E-state index in [-0.39, 0.29) is 5.02 Å². The highest BCUT2D eigenvalue weighted by Gasteiger charge is 2.52. The van der Waals surface area contributed by atoms with Crippen LogP contribution in [0.5, 0.6) is 0 Å². The summed E-state index contributed by atoms with van der Waals surface area (Å²) in [6.07, 6.45) is 7.27. The summed E-state index contributed by atoms with van der Waals surface area (Å²) < 4.78 is 14.8. The maximum atomic E-state index is 13.2. The molecule has 1 spiro atoms. The molecule has 0 unspecified atom stereocenters. The standard InChI is InChI=1S/C15H16ClFN4/c16-13-5-12(1-2-14(13)17)21-9-11(19-20-21)8-18-10-6-15(7-10)3-4-15/h1-2,5,9-10,18H,3-4,6-8H2. The summed E-state index contributed by atoms with van der Waals surface area (Å²) in [6.45, 7) is 0.718. The van der Waals surface area contributed by atoms with Crippen LogP contribution in [0.3, 0.4) is 0 Å². The average Bonchev–Trinajstić information content (AvgIpc) is 3.10. The molecule has 2 aliphatic carbocycles. The van der Waals surface area contributed by atoms with Gasteiger partial charge in [0.25, 0.3) is 0 Å². The molecular formula is C15H16ClFN4. The third-order valence-electron chi connectivity index (χ3n) is 4.60. The fraction of sp³-hybridized carbons (Fsp3) is 0.467. The smallest absolute Gasteiger partial charge is 0.141 e. The molecule has 4 nitrogen and oxygen atoms in total. The number of nitrogens with zero attached hydrogens (tertiary/aromatic N) is 3. The van der Waals surface area contributed by atoms with Gasteiger partial charge < -0.3 is 5.32 Å². The van der Waals surface area contributed by atoms with Crippen molar-refractivity contribution in [2.75, 3.05) is 0 Å². The number of rotatable bonds is 4. The van der Waals surface area contributed by atoms with E-state index in [9.17, 15) is 4.39 Å². The maximum Gasteiger partial charge on any atom is 0.141 e. The lowest BCUT2D eigenvalue weighted by atomic mass is 9.77. The summed E-state index contributed by atoms with van der Waals surface area (Å²) in [6, 6.07) is 5.14. The van der Waals surface area contributed by atoms with Crippen LogP contribution in [-0.2, 0) is 6.54 Å². The third-order valence-corrected chi connectivity index (χ3v) is 4.89. The average molecular weight is 307 g/mol. The Labute approximate surface area is 127 Å². The first kappa shape index (κ1) is 13.2. The molecule has 1 heterocycles. The Kier molecular flexibility index (Phi) is 3.01. The molecule has 2 saturated carbocycles. The number of hydrogen-bond acceptors (Lipinski definition) is 3. The van der Waals surface area contributed by atoms with Crippen molar-refractivity contribution in [3.63, 3.8) is 0 Å². The van der Waals surface area contributed by atoms with Crippen molar-refractivity contribution in [3.05, 3.63) is 40.9 Å². The van der Waals surface area contributed by atoms with Crippen molar-refractivity contribution < 1.29 is 4.39 Å². The summed E-state index contributed by atoms with van der Waals surface area (Å²) in [4.78, 5) is 0. The fourth-order valence-electron chi connectivity index (χ4n) is 3.10. The number of halogens is 2. The molecule has 1 N–H and O–H groups in total. The Morgan fingerprint density at radius 3 is 2.90 bits per heavy atom. The zero-order chi connectivity index (χ0) is 14.4. The van der Waals surface area contributed by atoms with E-state index >= 15 is 0 Å². The summed E-state index contributed by atoms with van der Waals surface area (Å²) in [5.41, 5.74) is 2.30. The first-order valence-corrected chi connectivity index (χ1v) is 7.61. The Morgan fingerprint density at radius 2 is 2.19 bits per heavy atom. The Morgan fingerprint density at radius 1 is 1.38 bits per heavy atom. The number of aromatic nitrogens is 3. The van der Waals surface area contributed by atoms with Gasteiger partial charge in [0.05, 0.1) is 22.6 Å². The van der Waals surface area contributed by atoms with Crippen LogP contribution in [0.4, 0.5) is 4.39 Å². The molecule has 110 valence electrons. The third kappa shape index (κ3) is 2.56. The summed E-state index contributed by atoms with van der Waals surface area (Å²) >= 11 is 5.78. The topological polar surface area (TPSA) is 42.7 Å². The number of benzene rings is 1. The van der Waals surface area contributed by atoms with Crippen molar-refractivity contribution >= 4 is 11.6 Å². The monoisotopic (exact) mass is 306 g/mol. The zero-order valence-electron chi connectivity index (χ0n) is 11.5. The highest BCUT2D eigenvalue weighted by atomic mass is 35.5. The van der Waals surface area contributed by atoms with E-state index in [2.05, 4.69) is 15.6 Å². The quantitative estimate of drug-likeness (QED) is 0.944. The molecule has 6 heteroatoms. The molecule has 21 heavy (non-hydrogen) atoms. The van der Waals surface area contributed by atoms with Crippen LogP contribution in [0.15, 0.2) is 24.4 Å². The Hall–Kier alpha value is -1.46. The maximum absolute atomic E-state index is 13.2. The van der Waals surface area contributed by atoms with Gasteiger partial charge in [0.1, 0.15) is 5.82 Å². The summed E-state index contributed by atoms with van der Waals surface area (Å²) in [7, 11) is 0. The summed E-state index contributed by atoms with van der Waals surface area (Å²) in [5, 5.41) is 11.8. The van der Waals surface area contributed by atoms with E-state index < -0.39 is 5.82 Å². The van der Waals surface area contributed by atoms with Crippen LogP contribution in [0.1, 0.15) is 31.4 Å². The minimum atomic E-state index is -0.429. The van der Waals surface area contributed by atoms with Crippen LogP contribution in [-0.4, -0.2) is 21.0 Å². The molecule has 0 bridgehead atoms. The molecule has 2 aliphatic rings. The second-order valence-electron chi connectivity index (χ2n) is 6.24. The van der Waals surface area contributed by atoms with Gasteiger partial charge in [-0.05, 0) is 49.3 Å². The van der Waals surface area contributed by atoms with Gasteiger partial charge >= 0.3 is 0 Å². The fourth-order valence-corrected chi connectivity index (χ4v) is 3.27. The predicted octanol–water partition coefficient (Wildman–Crippen LogP) is 3.09. The summed E-state index contributed by atoms with van der Waals surface area (Å²) in [5.74, 6) is -0.429. The van der Waals surface area contributed by atoms with Gasteiger partial charge in [-0.15, -0.1) is 5.10 Å².